The highest BCUT2D eigenvalue weighted by molar-refractivity contribution is 5.71. The van der Waals surface area contributed by atoms with Crippen molar-refractivity contribution in [2.45, 2.75) is 6.17 Å². The van der Waals surface area contributed by atoms with Gasteiger partial charge in [0, 0.05) is 6.21 Å². The lowest BCUT2D eigenvalue weighted by Crippen LogP contribution is -2.36. The number of hydrogen-bond acceptors (Lipinski definition) is 3. The molecule has 0 bridgehead atoms. The monoisotopic (exact) mass is 111 g/mol. The zero-order chi connectivity index (χ0) is 5.82. The van der Waals surface area contributed by atoms with Crippen molar-refractivity contribution in [1.82, 2.24) is 10.7 Å². The number of hydrazone groups is 1. The van der Waals surface area contributed by atoms with Gasteiger partial charge in [0.05, 0.1) is 0 Å². The SMILES string of the molecule is CNC1C=CC=NN1. The summed E-state index contributed by atoms with van der Waals surface area (Å²) in [7, 11) is 1.88. The number of hydrogen-bond donors (Lipinski definition) is 2. The van der Waals surface area contributed by atoms with Crippen molar-refractivity contribution in [2.75, 3.05) is 7.05 Å². The maximum Gasteiger partial charge on any atom is 0.112 e. The summed E-state index contributed by atoms with van der Waals surface area (Å²) < 4.78 is 0. The average molecular weight is 111 g/mol. The third-order valence-electron chi connectivity index (χ3n) is 0.989. The fourth-order valence-corrected chi connectivity index (χ4v) is 0.531. The zero-order valence-electron chi connectivity index (χ0n) is 4.76. The minimum atomic E-state index is 0.208. The molecule has 0 radical (unpaired) electrons. The second-order valence-corrected chi connectivity index (χ2v) is 1.56. The molecule has 0 aromatic heterocycles. The fraction of sp³-hybridized carbons (Fsp3) is 0.400. The maximum atomic E-state index is 3.81. The van der Waals surface area contributed by atoms with E-state index in [0.29, 0.717) is 0 Å². The van der Waals surface area contributed by atoms with Gasteiger partial charge in [0.1, 0.15) is 6.17 Å². The van der Waals surface area contributed by atoms with Crippen LogP contribution in [0.25, 0.3) is 0 Å². The molecule has 0 aromatic carbocycles. The molecule has 1 unspecified atom stereocenters. The van der Waals surface area contributed by atoms with Crippen LogP contribution in [0.4, 0.5) is 0 Å². The van der Waals surface area contributed by atoms with Crippen molar-refractivity contribution >= 4 is 6.21 Å². The molecule has 1 heterocycles. The van der Waals surface area contributed by atoms with E-state index in [0.717, 1.165) is 0 Å². The predicted octanol–water partition coefficient (Wildman–Crippen LogP) is -0.323. The molecule has 0 spiro atoms. The van der Waals surface area contributed by atoms with Crippen LogP contribution in [0.1, 0.15) is 0 Å². The molecule has 1 aliphatic heterocycles. The zero-order valence-corrected chi connectivity index (χ0v) is 4.76. The van der Waals surface area contributed by atoms with Gasteiger partial charge < -0.3 is 0 Å². The van der Waals surface area contributed by atoms with E-state index in [2.05, 4.69) is 15.8 Å². The van der Waals surface area contributed by atoms with Crippen LogP contribution in [-0.2, 0) is 0 Å². The van der Waals surface area contributed by atoms with Crippen LogP contribution in [0.5, 0.6) is 0 Å². The highest BCUT2D eigenvalue weighted by Crippen LogP contribution is 1.83. The Morgan fingerprint density at radius 2 is 2.62 bits per heavy atom. The topological polar surface area (TPSA) is 36.4 Å². The minimum absolute atomic E-state index is 0.208. The van der Waals surface area contributed by atoms with Gasteiger partial charge in [-0.3, -0.25) is 10.7 Å². The van der Waals surface area contributed by atoms with E-state index < -0.39 is 0 Å². The van der Waals surface area contributed by atoms with Gasteiger partial charge in [-0.25, -0.2) is 0 Å². The molecule has 0 aromatic rings. The van der Waals surface area contributed by atoms with Crippen molar-refractivity contribution in [2.24, 2.45) is 5.10 Å². The van der Waals surface area contributed by atoms with Gasteiger partial charge in [-0.15, -0.1) is 0 Å². The van der Waals surface area contributed by atoms with Crippen LogP contribution >= 0.6 is 0 Å². The van der Waals surface area contributed by atoms with Gasteiger partial charge in [0.25, 0.3) is 0 Å². The summed E-state index contributed by atoms with van der Waals surface area (Å²) >= 11 is 0. The molecule has 3 nitrogen and oxygen atoms in total. The van der Waals surface area contributed by atoms with Gasteiger partial charge in [0.15, 0.2) is 0 Å². The number of nitrogens with zero attached hydrogens (tertiary/aromatic N) is 1. The van der Waals surface area contributed by atoms with E-state index in [4.69, 9.17) is 0 Å². The van der Waals surface area contributed by atoms with E-state index >= 15 is 0 Å². The number of likely N-dealkylation sites (N-methyl/N-ethyl adjacent to an activating group) is 1. The van der Waals surface area contributed by atoms with Gasteiger partial charge in [-0.05, 0) is 19.2 Å². The summed E-state index contributed by atoms with van der Waals surface area (Å²) in [6.45, 7) is 0. The van der Waals surface area contributed by atoms with Crippen LogP contribution < -0.4 is 10.7 Å². The Morgan fingerprint density at radius 1 is 1.75 bits per heavy atom. The number of nitrogens with one attached hydrogen (secondary N) is 2. The summed E-state index contributed by atoms with van der Waals surface area (Å²) in [5.41, 5.74) is 2.84. The van der Waals surface area contributed by atoms with Crippen molar-refractivity contribution in [3.05, 3.63) is 12.2 Å². The quantitative estimate of drug-likeness (QED) is 0.486. The first-order chi connectivity index (χ1) is 3.93. The van der Waals surface area contributed by atoms with Crippen molar-refractivity contribution in [3.8, 4) is 0 Å². The third-order valence-corrected chi connectivity index (χ3v) is 0.989. The first-order valence-electron chi connectivity index (χ1n) is 2.56. The van der Waals surface area contributed by atoms with Gasteiger partial charge in [-0.1, -0.05) is 0 Å². The predicted molar refractivity (Wildman–Crippen MR) is 33.6 cm³/mol. The van der Waals surface area contributed by atoms with E-state index in [1.807, 2.05) is 19.2 Å². The first-order valence-corrected chi connectivity index (χ1v) is 2.56. The molecule has 8 heavy (non-hydrogen) atoms. The number of rotatable bonds is 1. The summed E-state index contributed by atoms with van der Waals surface area (Å²) in [5.74, 6) is 0. The second kappa shape index (κ2) is 2.47. The average Bonchev–Trinajstić information content (AvgIpc) is 1.90. The lowest BCUT2D eigenvalue weighted by Gasteiger charge is -2.11. The molecular weight excluding hydrogens is 102 g/mol. The van der Waals surface area contributed by atoms with Gasteiger partial charge in [-0.2, -0.15) is 5.10 Å². The van der Waals surface area contributed by atoms with Crippen LogP contribution in [0.3, 0.4) is 0 Å². The molecule has 0 fully saturated rings. The van der Waals surface area contributed by atoms with Crippen LogP contribution in [0, 0.1) is 0 Å². The molecule has 2 N–H and O–H groups in total. The molecule has 0 saturated heterocycles. The highest BCUT2D eigenvalue weighted by Gasteiger charge is 1.96. The molecule has 0 aliphatic carbocycles. The van der Waals surface area contributed by atoms with E-state index in [-0.39, 0.29) is 6.17 Å². The van der Waals surface area contributed by atoms with E-state index in [1.165, 1.54) is 0 Å². The summed E-state index contributed by atoms with van der Waals surface area (Å²) in [6.07, 6.45) is 5.82. The molecule has 1 atom stereocenters. The largest absolute Gasteiger partial charge is 0.296 e. The van der Waals surface area contributed by atoms with E-state index in [1.54, 1.807) is 6.21 Å². The Balaban J connectivity index is 2.40. The Morgan fingerprint density at radius 3 is 3.00 bits per heavy atom. The van der Waals surface area contributed by atoms with Gasteiger partial charge >= 0.3 is 0 Å². The normalized spacial score (nSPS) is 25.4. The van der Waals surface area contributed by atoms with Crippen LogP contribution in [-0.4, -0.2) is 19.4 Å². The lowest BCUT2D eigenvalue weighted by atomic mass is 10.4. The number of allylic oxidation sites excluding steroid dienone is 1. The molecular formula is C5H9N3. The molecule has 0 saturated carbocycles. The first kappa shape index (κ1) is 5.31. The van der Waals surface area contributed by atoms with Crippen molar-refractivity contribution in [1.29, 1.82) is 0 Å². The summed E-state index contributed by atoms with van der Waals surface area (Å²) in [6, 6.07) is 0. The molecule has 3 heteroatoms. The highest BCUT2D eigenvalue weighted by atomic mass is 15.4. The molecule has 0 amide bonds. The molecule has 44 valence electrons. The summed E-state index contributed by atoms with van der Waals surface area (Å²) in [4.78, 5) is 0. The summed E-state index contributed by atoms with van der Waals surface area (Å²) in [5, 5.41) is 6.80. The Hall–Kier alpha value is -0.830. The fourth-order valence-electron chi connectivity index (χ4n) is 0.531. The molecule has 1 rings (SSSR count). The lowest BCUT2D eigenvalue weighted by molar-refractivity contribution is 0.551. The van der Waals surface area contributed by atoms with E-state index in [9.17, 15) is 0 Å². The van der Waals surface area contributed by atoms with Crippen molar-refractivity contribution < 1.29 is 0 Å². The standard InChI is InChI=1S/C5H9N3/c1-6-5-3-2-4-7-8-5/h2-6,8H,1H3. The van der Waals surface area contributed by atoms with Crippen molar-refractivity contribution in [3.63, 3.8) is 0 Å². The van der Waals surface area contributed by atoms with Crippen LogP contribution in [0.15, 0.2) is 17.3 Å². The second-order valence-electron chi connectivity index (χ2n) is 1.56. The van der Waals surface area contributed by atoms with Crippen LogP contribution in [0.2, 0.25) is 0 Å². The smallest absolute Gasteiger partial charge is 0.112 e. The maximum absolute atomic E-state index is 3.81. The Labute approximate surface area is 48.5 Å². The Kier molecular flexibility index (Phi) is 1.64. The minimum Gasteiger partial charge on any atom is -0.296 e. The Bertz CT molecular complexity index is 117. The third kappa shape index (κ3) is 1.07. The van der Waals surface area contributed by atoms with Gasteiger partial charge in [0.2, 0.25) is 0 Å². The molecule has 1 aliphatic rings.